The Labute approximate surface area is 200 Å². The van der Waals surface area contributed by atoms with Crippen LogP contribution in [0.1, 0.15) is 100 Å². The summed E-state index contributed by atoms with van der Waals surface area (Å²) in [6, 6.07) is 0. The Morgan fingerprint density at radius 2 is 1.09 bits per heavy atom. The molecule has 0 saturated carbocycles. The highest BCUT2D eigenvalue weighted by atomic mass is 16.3. The van der Waals surface area contributed by atoms with Gasteiger partial charge in [0.2, 0.25) is 0 Å². The molecule has 32 heavy (non-hydrogen) atoms. The lowest BCUT2D eigenvalue weighted by molar-refractivity contribution is 0.341. The number of hydrogen-bond donors (Lipinski definition) is 2. The molecular weight excluding hydrogens is 392 g/mol. The van der Waals surface area contributed by atoms with E-state index in [9.17, 15) is 0 Å². The highest BCUT2D eigenvalue weighted by Crippen LogP contribution is 2.12. The maximum Gasteiger partial charge on any atom is 0.0615 e. The molecule has 0 radical (unpaired) electrons. The van der Waals surface area contributed by atoms with Gasteiger partial charge < -0.3 is 10.2 Å². The number of aliphatic hydroxyl groups is 2. The van der Waals surface area contributed by atoms with Gasteiger partial charge in [-0.25, -0.2) is 0 Å². The van der Waals surface area contributed by atoms with Crippen molar-refractivity contribution >= 4 is 0 Å². The Morgan fingerprint density at radius 1 is 0.625 bits per heavy atom. The third-order valence-corrected chi connectivity index (χ3v) is 5.08. The van der Waals surface area contributed by atoms with E-state index >= 15 is 0 Å². The van der Waals surface area contributed by atoms with E-state index in [1.807, 2.05) is 12.2 Å². The quantitative estimate of drug-likeness (QED) is 0.263. The average molecular weight is 445 g/mol. The molecule has 0 aliphatic carbocycles. The Bertz CT molecular complexity index is 634. The monoisotopic (exact) mass is 444 g/mol. The van der Waals surface area contributed by atoms with Gasteiger partial charge in [0.15, 0.2) is 0 Å². The summed E-state index contributed by atoms with van der Waals surface area (Å²) in [5.41, 5.74) is 6.77. The van der Waals surface area contributed by atoms with Gasteiger partial charge in [-0.2, -0.15) is 0 Å². The summed E-state index contributed by atoms with van der Waals surface area (Å²) in [5, 5.41) is 17.4. The third-order valence-electron chi connectivity index (χ3n) is 5.08. The lowest BCUT2D eigenvalue weighted by Crippen LogP contribution is -1.88. The minimum atomic E-state index is 0.149. The van der Waals surface area contributed by atoms with Crippen LogP contribution in [-0.2, 0) is 0 Å². The van der Waals surface area contributed by atoms with Crippen LogP contribution in [0.25, 0.3) is 0 Å². The van der Waals surface area contributed by atoms with Crippen molar-refractivity contribution in [2.75, 3.05) is 13.2 Å². The lowest BCUT2D eigenvalue weighted by atomic mass is 10.0. The van der Waals surface area contributed by atoms with Crippen LogP contribution in [0.4, 0.5) is 0 Å². The fourth-order valence-corrected chi connectivity index (χ4v) is 2.95. The van der Waals surface area contributed by atoms with Gasteiger partial charge in [-0.05, 0) is 99.3 Å². The zero-order valence-electron chi connectivity index (χ0n) is 22.4. The Hall–Kier alpha value is -1.64. The molecule has 1 unspecified atom stereocenters. The molecule has 0 bridgehead atoms. The summed E-state index contributed by atoms with van der Waals surface area (Å²) >= 11 is 0. The van der Waals surface area contributed by atoms with Crippen molar-refractivity contribution in [3.8, 4) is 0 Å². The Balaban J connectivity index is 0. The molecule has 0 aliphatic heterocycles. The molecule has 2 nitrogen and oxygen atoms in total. The van der Waals surface area contributed by atoms with Crippen molar-refractivity contribution in [1.29, 1.82) is 0 Å². The van der Waals surface area contributed by atoms with Gasteiger partial charge in [-0.1, -0.05) is 77.3 Å². The summed E-state index contributed by atoms with van der Waals surface area (Å²) in [4.78, 5) is 0. The normalized spacial score (nSPS) is 13.5. The van der Waals surface area contributed by atoms with Crippen LogP contribution in [0.15, 0.2) is 70.4 Å². The molecule has 2 heteroatoms. The number of allylic oxidation sites excluding steroid dienone is 10. The van der Waals surface area contributed by atoms with Crippen molar-refractivity contribution in [1.82, 2.24) is 0 Å². The molecule has 0 amide bonds. The van der Waals surface area contributed by atoms with Gasteiger partial charge in [0.05, 0.1) is 13.2 Å². The van der Waals surface area contributed by atoms with Crippen LogP contribution < -0.4 is 0 Å². The minimum absolute atomic E-state index is 0.149. The molecule has 0 heterocycles. The van der Waals surface area contributed by atoms with Gasteiger partial charge in [-0.3, -0.25) is 0 Å². The first-order chi connectivity index (χ1) is 15.1. The van der Waals surface area contributed by atoms with E-state index in [0.717, 1.165) is 32.1 Å². The fourth-order valence-electron chi connectivity index (χ4n) is 2.95. The molecule has 2 N–H and O–H groups in total. The van der Waals surface area contributed by atoms with E-state index in [4.69, 9.17) is 10.2 Å². The standard InChI is InChI=1S/2C15H26O/c2*1-13(2)7-5-8-14(3)9-6-10-15(4)11-12-16/h7,9,11,16H,5-6,8,10,12H2,1-4H3;6-7,9,11,14,16H,5,8,10,12H2,1-4H3. The molecule has 0 aliphatic rings. The maximum absolute atomic E-state index is 8.72. The number of hydrogen-bond acceptors (Lipinski definition) is 2. The topological polar surface area (TPSA) is 40.5 Å². The van der Waals surface area contributed by atoms with E-state index in [0.29, 0.717) is 5.92 Å². The molecule has 0 saturated heterocycles. The van der Waals surface area contributed by atoms with Crippen molar-refractivity contribution in [3.05, 3.63) is 70.4 Å². The highest BCUT2D eigenvalue weighted by molar-refractivity contribution is 5.06. The predicted molar refractivity (Wildman–Crippen MR) is 145 cm³/mol. The van der Waals surface area contributed by atoms with Crippen molar-refractivity contribution in [3.63, 3.8) is 0 Å². The van der Waals surface area contributed by atoms with Gasteiger partial charge in [0.1, 0.15) is 0 Å². The first-order valence-electron chi connectivity index (χ1n) is 12.2. The van der Waals surface area contributed by atoms with Crippen LogP contribution in [0, 0.1) is 5.92 Å². The highest BCUT2D eigenvalue weighted by Gasteiger charge is 1.95. The second kappa shape index (κ2) is 22.6. The van der Waals surface area contributed by atoms with Crippen molar-refractivity contribution in [2.24, 2.45) is 5.92 Å². The number of aliphatic hydroxyl groups excluding tert-OH is 2. The summed E-state index contributed by atoms with van der Waals surface area (Å²) in [6.45, 7) is 17.4. The molecular formula is C30H52O2. The maximum atomic E-state index is 8.72. The van der Waals surface area contributed by atoms with Crippen molar-refractivity contribution < 1.29 is 10.2 Å². The molecule has 0 aromatic rings. The second-order valence-electron chi connectivity index (χ2n) is 9.34. The van der Waals surface area contributed by atoms with Crippen LogP contribution in [0.3, 0.4) is 0 Å². The summed E-state index contributed by atoms with van der Waals surface area (Å²) < 4.78 is 0. The predicted octanol–water partition coefficient (Wildman–Crippen LogP) is 8.65. The van der Waals surface area contributed by atoms with Gasteiger partial charge in [-0.15, -0.1) is 0 Å². The summed E-state index contributed by atoms with van der Waals surface area (Å²) in [6.07, 6.45) is 22.9. The van der Waals surface area contributed by atoms with Gasteiger partial charge in [0.25, 0.3) is 0 Å². The van der Waals surface area contributed by atoms with Crippen LogP contribution in [0.2, 0.25) is 0 Å². The SMILES string of the molecule is CC(C)=CCCC(C)=CCCC(C)=CCO.CC(C)=CCCC(C)C=CCC(C)=CCO. The van der Waals surface area contributed by atoms with E-state index in [1.165, 1.54) is 40.7 Å². The summed E-state index contributed by atoms with van der Waals surface area (Å²) in [5.74, 6) is 0.637. The fraction of sp³-hybridized carbons (Fsp3) is 0.600. The first kappa shape index (κ1) is 32.5. The molecule has 0 fully saturated rings. The van der Waals surface area contributed by atoms with E-state index in [-0.39, 0.29) is 13.2 Å². The molecule has 0 aromatic heterocycles. The van der Waals surface area contributed by atoms with Crippen LogP contribution in [-0.4, -0.2) is 23.4 Å². The zero-order chi connectivity index (χ0) is 24.8. The molecule has 1 atom stereocenters. The largest absolute Gasteiger partial charge is 0.392 e. The zero-order valence-corrected chi connectivity index (χ0v) is 22.4. The van der Waals surface area contributed by atoms with E-state index in [1.54, 1.807) is 0 Å². The lowest BCUT2D eigenvalue weighted by Gasteiger charge is -2.03. The van der Waals surface area contributed by atoms with Gasteiger partial charge in [0, 0.05) is 0 Å². The van der Waals surface area contributed by atoms with Crippen LogP contribution in [0.5, 0.6) is 0 Å². The van der Waals surface area contributed by atoms with E-state index in [2.05, 4.69) is 85.8 Å². The smallest absolute Gasteiger partial charge is 0.0615 e. The van der Waals surface area contributed by atoms with Crippen molar-refractivity contribution in [2.45, 2.75) is 100 Å². The minimum Gasteiger partial charge on any atom is -0.392 e. The molecule has 0 rings (SSSR count). The first-order valence-corrected chi connectivity index (χ1v) is 12.2. The third kappa shape index (κ3) is 26.4. The van der Waals surface area contributed by atoms with Crippen LogP contribution >= 0.6 is 0 Å². The molecule has 0 aromatic carbocycles. The van der Waals surface area contributed by atoms with Gasteiger partial charge >= 0.3 is 0 Å². The molecule has 184 valence electrons. The second-order valence-corrected chi connectivity index (χ2v) is 9.34. The average Bonchev–Trinajstić information content (AvgIpc) is 2.68. The number of rotatable bonds is 14. The van der Waals surface area contributed by atoms with E-state index < -0.39 is 0 Å². The Morgan fingerprint density at radius 3 is 1.62 bits per heavy atom. The molecule has 0 spiro atoms. The summed E-state index contributed by atoms with van der Waals surface area (Å²) in [7, 11) is 0. The Kier molecular flexibility index (Phi) is 22.9.